The molecule has 7 nitrogen and oxygen atoms in total. The van der Waals surface area contributed by atoms with Gasteiger partial charge in [-0.15, -0.1) is 0 Å². The van der Waals surface area contributed by atoms with Crippen molar-refractivity contribution in [3.63, 3.8) is 0 Å². The Labute approximate surface area is 227 Å². The summed E-state index contributed by atoms with van der Waals surface area (Å²) in [6.07, 6.45) is 8.53. The number of anilines is 2. The molecule has 1 N–H and O–H groups in total. The van der Waals surface area contributed by atoms with Gasteiger partial charge >= 0.3 is 6.03 Å². The third kappa shape index (κ3) is 5.87. The predicted octanol–water partition coefficient (Wildman–Crippen LogP) is 5.14. The fourth-order valence-corrected chi connectivity index (χ4v) is 6.09. The molecule has 1 aromatic carbocycles. The van der Waals surface area contributed by atoms with E-state index in [4.69, 9.17) is 23.2 Å². The van der Waals surface area contributed by atoms with Crippen molar-refractivity contribution in [1.29, 1.82) is 0 Å². The van der Waals surface area contributed by atoms with Gasteiger partial charge in [0.05, 0.1) is 16.9 Å². The summed E-state index contributed by atoms with van der Waals surface area (Å²) < 4.78 is 14.2. The maximum atomic E-state index is 14.2. The van der Waals surface area contributed by atoms with Gasteiger partial charge in [0.15, 0.2) is 0 Å². The lowest BCUT2D eigenvalue weighted by atomic mass is 9.97. The van der Waals surface area contributed by atoms with Crippen molar-refractivity contribution in [2.24, 2.45) is 0 Å². The molecule has 3 aliphatic rings. The van der Waals surface area contributed by atoms with Crippen LogP contribution >= 0.6 is 23.2 Å². The standard InChI is InChI=1S/C27H33Cl2FN6O/c1-2-21-18-34(26-24(29)15-23(16-32-26)36-9-3-8-31-27(36)37)12-13-35(21)22-6-10-33(11-7-22)17-19-4-5-20(28)14-25(19)30/h3-5,9,14-16,21-22H,2,6-8,10-13,17-18H2,1H3,(H,31,37)/t21-/m0/s1. The number of nitrogens with one attached hydrogen (secondary N) is 1. The molecule has 2 amide bonds. The van der Waals surface area contributed by atoms with Gasteiger partial charge in [0.2, 0.25) is 0 Å². The molecule has 2 aromatic rings. The Morgan fingerprint density at radius 3 is 2.65 bits per heavy atom. The molecule has 5 rings (SSSR count). The van der Waals surface area contributed by atoms with Crippen LogP contribution in [0.2, 0.25) is 10.0 Å². The number of likely N-dealkylation sites (tertiary alicyclic amines) is 1. The van der Waals surface area contributed by atoms with Crippen molar-refractivity contribution in [1.82, 2.24) is 20.1 Å². The molecule has 198 valence electrons. The number of halogens is 3. The van der Waals surface area contributed by atoms with Gasteiger partial charge in [-0.05, 0) is 56.6 Å². The van der Waals surface area contributed by atoms with Gasteiger partial charge in [-0.25, -0.2) is 14.2 Å². The molecule has 0 radical (unpaired) electrons. The molecule has 0 saturated carbocycles. The van der Waals surface area contributed by atoms with E-state index >= 15 is 0 Å². The van der Waals surface area contributed by atoms with Crippen molar-refractivity contribution >= 4 is 40.7 Å². The molecule has 0 spiro atoms. The Morgan fingerprint density at radius 2 is 1.95 bits per heavy atom. The highest BCUT2D eigenvalue weighted by atomic mass is 35.5. The summed E-state index contributed by atoms with van der Waals surface area (Å²) in [4.78, 5) is 25.6. The number of rotatable bonds is 6. The average Bonchev–Trinajstić information content (AvgIpc) is 2.90. The van der Waals surface area contributed by atoms with E-state index in [1.54, 1.807) is 24.5 Å². The number of urea groups is 1. The number of carbonyl (C=O) groups is 1. The number of amides is 2. The summed E-state index contributed by atoms with van der Waals surface area (Å²) in [5.41, 5.74) is 1.35. The van der Waals surface area contributed by atoms with Gasteiger partial charge in [-0.2, -0.15) is 0 Å². The fourth-order valence-electron chi connectivity index (χ4n) is 5.65. The second-order valence-corrected chi connectivity index (χ2v) is 10.8. The monoisotopic (exact) mass is 546 g/mol. The number of benzene rings is 1. The van der Waals surface area contributed by atoms with Gasteiger partial charge in [-0.1, -0.05) is 36.2 Å². The molecule has 1 aromatic heterocycles. The zero-order valence-corrected chi connectivity index (χ0v) is 22.6. The van der Waals surface area contributed by atoms with Crippen molar-refractivity contribution in [2.75, 3.05) is 49.1 Å². The molecule has 37 heavy (non-hydrogen) atoms. The van der Waals surface area contributed by atoms with E-state index in [1.807, 2.05) is 12.1 Å². The highest BCUT2D eigenvalue weighted by molar-refractivity contribution is 6.33. The molecule has 0 bridgehead atoms. The topological polar surface area (TPSA) is 55.0 Å². The van der Waals surface area contributed by atoms with E-state index in [0.29, 0.717) is 46.5 Å². The van der Waals surface area contributed by atoms with Crippen LogP contribution in [-0.2, 0) is 6.54 Å². The number of carbonyl (C=O) groups excluding carboxylic acids is 1. The van der Waals surface area contributed by atoms with Crippen molar-refractivity contribution in [3.8, 4) is 0 Å². The molecule has 4 heterocycles. The summed E-state index contributed by atoms with van der Waals surface area (Å²) in [5, 5.41) is 3.77. The van der Waals surface area contributed by atoms with Gasteiger partial charge in [-0.3, -0.25) is 14.7 Å². The number of hydrogen-bond acceptors (Lipinski definition) is 5. The molecule has 1 atom stereocenters. The SMILES string of the molecule is CC[C@H]1CN(c2ncc(N3C=CCNC3=O)cc2Cl)CCN1C1CCN(Cc2ccc(Cl)cc2F)CC1. The minimum absolute atomic E-state index is 0.183. The van der Waals surface area contributed by atoms with E-state index in [9.17, 15) is 9.18 Å². The van der Waals surface area contributed by atoms with E-state index < -0.39 is 0 Å². The average molecular weight is 548 g/mol. The van der Waals surface area contributed by atoms with Crippen LogP contribution in [0.4, 0.5) is 20.7 Å². The van der Waals surface area contributed by atoms with Crippen molar-refractivity contribution in [3.05, 3.63) is 64.2 Å². The Kier molecular flexibility index (Phi) is 8.19. The van der Waals surface area contributed by atoms with E-state index in [2.05, 4.69) is 31.9 Å². The minimum atomic E-state index is -0.229. The summed E-state index contributed by atoms with van der Waals surface area (Å²) >= 11 is 12.6. The maximum Gasteiger partial charge on any atom is 0.326 e. The number of hydrogen-bond donors (Lipinski definition) is 1. The Hall–Kier alpha value is -2.39. The van der Waals surface area contributed by atoms with Crippen LogP contribution in [0.25, 0.3) is 0 Å². The minimum Gasteiger partial charge on any atom is -0.353 e. The largest absolute Gasteiger partial charge is 0.353 e. The first kappa shape index (κ1) is 26.2. The first-order valence-corrected chi connectivity index (χ1v) is 13.7. The quantitative estimate of drug-likeness (QED) is 0.543. The zero-order valence-electron chi connectivity index (χ0n) is 21.0. The second kappa shape index (κ2) is 11.6. The first-order valence-electron chi connectivity index (χ1n) is 13.0. The van der Waals surface area contributed by atoms with Gasteiger partial charge < -0.3 is 10.2 Å². The van der Waals surface area contributed by atoms with E-state index in [-0.39, 0.29) is 11.8 Å². The van der Waals surface area contributed by atoms with Gasteiger partial charge in [0.1, 0.15) is 11.6 Å². The molecular formula is C27H33Cl2FN6O. The molecule has 3 aliphatic heterocycles. The first-order chi connectivity index (χ1) is 17.9. The van der Waals surface area contributed by atoms with Gasteiger partial charge in [0.25, 0.3) is 0 Å². The number of pyridine rings is 1. The van der Waals surface area contributed by atoms with E-state index in [0.717, 1.165) is 57.8 Å². The Balaban J connectivity index is 1.18. The van der Waals surface area contributed by atoms with Crippen LogP contribution in [0.1, 0.15) is 31.7 Å². The third-order valence-corrected chi connectivity index (χ3v) is 8.18. The second-order valence-electron chi connectivity index (χ2n) is 9.93. The van der Waals surface area contributed by atoms with Crippen LogP contribution in [-0.4, -0.2) is 72.2 Å². The molecule has 2 saturated heterocycles. The zero-order chi connectivity index (χ0) is 25.9. The summed E-state index contributed by atoms with van der Waals surface area (Å²) in [6, 6.07) is 7.50. The Bertz CT molecular complexity index is 1160. The highest BCUT2D eigenvalue weighted by Gasteiger charge is 2.34. The lowest BCUT2D eigenvalue weighted by molar-refractivity contribution is 0.0607. The molecule has 2 fully saturated rings. The van der Waals surface area contributed by atoms with Gasteiger partial charge in [0, 0.05) is 61.6 Å². The molecule has 0 unspecified atom stereocenters. The van der Waals surface area contributed by atoms with E-state index in [1.165, 1.54) is 11.0 Å². The van der Waals surface area contributed by atoms with Crippen LogP contribution in [0.15, 0.2) is 42.7 Å². The van der Waals surface area contributed by atoms with Crippen LogP contribution < -0.4 is 15.1 Å². The summed E-state index contributed by atoms with van der Waals surface area (Å²) in [7, 11) is 0. The number of nitrogens with zero attached hydrogens (tertiary/aromatic N) is 5. The maximum absolute atomic E-state index is 14.2. The smallest absolute Gasteiger partial charge is 0.326 e. The normalized spacial score (nSPS) is 21.9. The summed E-state index contributed by atoms with van der Waals surface area (Å²) in [5.74, 6) is 0.539. The van der Waals surface area contributed by atoms with Crippen LogP contribution in [0.5, 0.6) is 0 Å². The molecule has 0 aliphatic carbocycles. The lowest BCUT2D eigenvalue weighted by Crippen LogP contribution is -2.58. The fraction of sp³-hybridized carbons (Fsp3) is 0.481. The Morgan fingerprint density at radius 1 is 1.14 bits per heavy atom. The third-order valence-electron chi connectivity index (χ3n) is 7.66. The number of piperidine rings is 1. The lowest BCUT2D eigenvalue weighted by Gasteiger charge is -2.47. The summed E-state index contributed by atoms with van der Waals surface area (Å²) in [6.45, 7) is 7.96. The highest BCUT2D eigenvalue weighted by Crippen LogP contribution is 2.32. The molecular weight excluding hydrogens is 514 g/mol. The van der Waals surface area contributed by atoms with Crippen LogP contribution in [0.3, 0.4) is 0 Å². The van der Waals surface area contributed by atoms with Crippen molar-refractivity contribution in [2.45, 2.75) is 44.8 Å². The van der Waals surface area contributed by atoms with Crippen molar-refractivity contribution < 1.29 is 9.18 Å². The molecule has 10 heteroatoms. The number of aromatic nitrogens is 1. The number of piperazine rings is 1. The van der Waals surface area contributed by atoms with Crippen LogP contribution in [0, 0.1) is 5.82 Å². The predicted molar refractivity (Wildman–Crippen MR) is 147 cm³/mol.